The zero-order valence-corrected chi connectivity index (χ0v) is 13.8. The van der Waals surface area contributed by atoms with Gasteiger partial charge >= 0.3 is 0 Å². The molecule has 1 unspecified atom stereocenters. The Morgan fingerprint density at radius 3 is 2.74 bits per heavy atom. The molecule has 0 aromatic heterocycles. The van der Waals surface area contributed by atoms with Crippen LogP contribution in [0, 0.1) is 6.92 Å². The second-order valence-electron chi connectivity index (χ2n) is 6.19. The smallest absolute Gasteiger partial charge is 0.119 e. The molecule has 3 nitrogen and oxygen atoms in total. The van der Waals surface area contributed by atoms with Gasteiger partial charge in [0.25, 0.3) is 0 Å². The molecule has 3 rings (SSSR count). The molecule has 2 aromatic rings. The molecule has 23 heavy (non-hydrogen) atoms. The van der Waals surface area contributed by atoms with Crippen molar-refractivity contribution < 1.29 is 9.47 Å². The Balaban J connectivity index is 1.43. The van der Waals surface area contributed by atoms with Crippen LogP contribution in [0.5, 0.6) is 5.75 Å². The second kappa shape index (κ2) is 8.14. The number of rotatable bonds is 7. The number of ether oxygens (including phenoxy) is 2. The Morgan fingerprint density at radius 1 is 1.13 bits per heavy atom. The molecule has 2 aromatic carbocycles. The van der Waals surface area contributed by atoms with Crippen molar-refractivity contribution in [3.05, 3.63) is 65.2 Å². The molecule has 1 aliphatic heterocycles. The molecular formula is C20H25NO2. The topological polar surface area (TPSA) is 30.5 Å². The fourth-order valence-corrected chi connectivity index (χ4v) is 2.85. The summed E-state index contributed by atoms with van der Waals surface area (Å²) in [6, 6.07) is 16.7. The fourth-order valence-electron chi connectivity index (χ4n) is 2.85. The van der Waals surface area contributed by atoms with Crippen LogP contribution in [0.2, 0.25) is 0 Å². The van der Waals surface area contributed by atoms with E-state index in [9.17, 15) is 0 Å². The minimum Gasteiger partial charge on any atom is -0.489 e. The van der Waals surface area contributed by atoms with Gasteiger partial charge in [0.2, 0.25) is 0 Å². The predicted molar refractivity (Wildman–Crippen MR) is 92.6 cm³/mol. The van der Waals surface area contributed by atoms with Gasteiger partial charge in [0.05, 0.1) is 6.10 Å². The van der Waals surface area contributed by atoms with Gasteiger partial charge in [-0.25, -0.2) is 0 Å². The van der Waals surface area contributed by atoms with Crippen LogP contribution in [0.1, 0.15) is 29.5 Å². The first-order chi connectivity index (χ1) is 11.3. The molecule has 122 valence electrons. The van der Waals surface area contributed by atoms with Crippen molar-refractivity contribution in [2.75, 3.05) is 13.2 Å². The van der Waals surface area contributed by atoms with E-state index in [0.29, 0.717) is 12.7 Å². The first-order valence-electron chi connectivity index (χ1n) is 8.39. The van der Waals surface area contributed by atoms with Crippen molar-refractivity contribution >= 4 is 0 Å². The van der Waals surface area contributed by atoms with Gasteiger partial charge in [-0.2, -0.15) is 0 Å². The van der Waals surface area contributed by atoms with E-state index in [0.717, 1.165) is 25.4 Å². The van der Waals surface area contributed by atoms with Gasteiger partial charge < -0.3 is 14.8 Å². The Kier molecular flexibility index (Phi) is 5.67. The molecule has 0 amide bonds. The van der Waals surface area contributed by atoms with Gasteiger partial charge in [0.1, 0.15) is 12.4 Å². The summed E-state index contributed by atoms with van der Waals surface area (Å²) < 4.78 is 11.5. The first kappa shape index (κ1) is 16.0. The maximum absolute atomic E-state index is 5.85. The Labute approximate surface area is 138 Å². The van der Waals surface area contributed by atoms with Crippen molar-refractivity contribution in [2.24, 2.45) is 0 Å². The standard InChI is InChI=1S/C20H25NO2/c1-16-4-2-5-18(12-16)15-23-19-9-7-17(8-10-19)13-21-14-20-6-3-11-22-20/h2,4-5,7-10,12,20-21H,3,6,11,13-15H2,1H3. The normalized spacial score (nSPS) is 17.3. The fraction of sp³-hybridized carbons (Fsp3) is 0.400. The third kappa shape index (κ3) is 5.08. The molecule has 1 atom stereocenters. The zero-order valence-electron chi connectivity index (χ0n) is 13.8. The van der Waals surface area contributed by atoms with Crippen LogP contribution >= 0.6 is 0 Å². The summed E-state index contributed by atoms with van der Waals surface area (Å²) in [5.74, 6) is 0.911. The largest absolute Gasteiger partial charge is 0.489 e. The molecule has 1 heterocycles. The van der Waals surface area contributed by atoms with Crippen LogP contribution in [0.4, 0.5) is 0 Å². The highest BCUT2D eigenvalue weighted by Crippen LogP contribution is 2.15. The number of nitrogens with one attached hydrogen (secondary N) is 1. The van der Waals surface area contributed by atoms with Crippen LogP contribution < -0.4 is 10.1 Å². The van der Waals surface area contributed by atoms with Crippen LogP contribution in [0.3, 0.4) is 0 Å². The van der Waals surface area contributed by atoms with Crippen molar-refractivity contribution in [2.45, 2.75) is 39.0 Å². The molecule has 0 spiro atoms. The average molecular weight is 311 g/mol. The molecular weight excluding hydrogens is 286 g/mol. The molecule has 1 saturated heterocycles. The quantitative estimate of drug-likeness (QED) is 0.842. The maximum atomic E-state index is 5.85. The van der Waals surface area contributed by atoms with Crippen LogP contribution in [0.15, 0.2) is 48.5 Å². The first-order valence-corrected chi connectivity index (χ1v) is 8.39. The monoisotopic (exact) mass is 311 g/mol. The van der Waals surface area contributed by atoms with Gasteiger partial charge in [-0.3, -0.25) is 0 Å². The summed E-state index contributed by atoms with van der Waals surface area (Å²) in [6.45, 7) is 5.43. The van der Waals surface area contributed by atoms with Gasteiger partial charge in [-0.15, -0.1) is 0 Å². The number of hydrogen-bond acceptors (Lipinski definition) is 3. The molecule has 0 bridgehead atoms. The second-order valence-corrected chi connectivity index (χ2v) is 6.19. The van der Waals surface area contributed by atoms with E-state index < -0.39 is 0 Å². The van der Waals surface area contributed by atoms with Gasteiger partial charge in [-0.1, -0.05) is 42.0 Å². The van der Waals surface area contributed by atoms with E-state index in [4.69, 9.17) is 9.47 Å². The third-order valence-electron chi connectivity index (χ3n) is 4.14. The Hall–Kier alpha value is -1.84. The highest BCUT2D eigenvalue weighted by molar-refractivity contribution is 5.28. The molecule has 1 aliphatic rings. The number of benzene rings is 2. The van der Waals surface area contributed by atoms with Crippen molar-refractivity contribution in [3.63, 3.8) is 0 Å². The summed E-state index contributed by atoms with van der Waals surface area (Å²) in [5, 5.41) is 3.46. The van der Waals surface area contributed by atoms with Crippen LogP contribution in [-0.2, 0) is 17.9 Å². The summed E-state index contributed by atoms with van der Waals surface area (Å²) in [4.78, 5) is 0. The maximum Gasteiger partial charge on any atom is 0.119 e. The van der Waals surface area contributed by atoms with Gasteiger partial charge in [0.15, 0.2) is 0 Å². The lowest BCUT2D eigenvalue weighted by atomic mass is 10.1. The van der Waals surface area contributed by atoms with E-state index >= 15 is 0 Å². The van der Waals surface area contributed by atoms with E-state index in [1.165, 1.54) is 29.5 Å². The van der Waals surface area contributed by atoms with Crippen LogP contribution in [0.25, 0.3) is 0 Å². The van der Waals surface area contributed by atoms with Crippen LogP contribution in [-0.4, -0.2) is 19.3 Å². The van der Waals surface area contributed by atoms with Crippen molar-refractivity contribution in [3.8, 4) is 5.75 Å². The van der Waals surface area contributed by atoms with E-state index in [2.05, 4.69) is 48.6 Å². The summed E-state index contributed by atoms with van der Waals surface area (Å²) >= 11 is 0. The lowest BCUT2D eigenvalue weighted by molar-refractivity contribution is 0.110. The minimum absolute atomic E-state index is 0.395. The molecule has 0 radical (unpaired) electrons. The van der Waals surface area contributed by atoms with Gasteiger partial charge in [-0.05, 0) is 43.0 Å². The van der Waals surface area contributed by atoms with Gasteiger partial charge in [0, 0.05) is 19.7 Å². The highest BCUT2D eigenvalue weighted by atomic mass is 16.5. The lowest BCUT2D eigenvalue weighted by Crippen LogP contribution is -2.25. The highest BCUT2D eigenvalue weighted by Gasteiger charge is 2.14. The number of hydrogen-bond donors (Lipinski definition) is 1. The molecule has 0 saturated carbocycles. The molecule has 3 heteroatoms. The van der Waals surface area contributed by atoms with Crippen molar-refractivity contribution in [1.82, 2.24) is 5.32 Å². The summed E-state index contributed by atoms with van der Waals surface area (Å²) in [7, 11) is 0. The summed E-state index contributed by atoms with van der Waals surface area (Å²) in [6.07, 6.45) is 2.77. The van der Waals surface area contributed by atoms with E-state index in [-0.39, 0.29) is 0 Å². The van der Waals surface area contributed by atoms with E-state index in [1.54, 1.807) is 0 Å². The molecule has 1 N–H and O–H groups in total. The molecule has 1 fully saturated rings. The third-order valence-corrected chi connectivity index (χ3v) is 4.14. The van der Waals surface area contributed by atoms with E-state index in [1.807, 2.05) is 12.1 Å². The Bertz CT molecular complexity index is 603. The SMILES string of the molecule is Cc1cccc(COc2ccc(CNCC3CCCO3)cc2)c1. The minimum atomic E-state index is 0.395. The zero-order chi connectivity index (χ0) is 15.9. The molecule has 0 aliphatic carbocycles. The average Bonchev–Trinajstić information content (AvgIpc) is 3.08. The Morgan fingerprint density at radius 2 is 2.00 bits per heavy atom. The summed E-state index contributed by atoms with van der Waals surface area (Å²) in [5.41, 5.74) is 3.73. The lowest BCUT2D eigenvalue weighted by Gasteiger charge is -2.11. The predicted octanol–water partition coefficient (Wildman–Crippen LogP) is 3.84. The number of aryl methyl sites for hydroxylation is 1. The van der Waals surface area contributed by atoms with Crippen molar-refractivity contribution in [1.29, 1.82) is 0 Å².